The average molecular weight is 407 g/mol. The summed E-state index contributed by atoms with van der Waals surface area (Å²) in [5.74, 6) is 0.165. The van der Waals surface area contributed by atoms with Gasteiger partial charge in [0, 0.05) is 36.0 Å². The normalized spacial score (nSPS) is 29.0. The fourth-order valence-electron chi connectivity index (χ4n) is 5.42. The molecule has 2 aliphatic rings. The van der Waals surface area contributed by atoms with Crippen molar-refractivity contribution in [1.29, 1.82) is 0 Å². The van der Waals surface area contributed by atoms with E-state index in [-0.39, 0.29) is 29.0 Å². The lowest BCUT2D eigenvalue weighted by Gasteiger charge is -2.54. The van der Waals surface area contributed by atoms with Crippen LogP contribution in [0.25, 0.3) is 0 Å². The molecule has 1 heterocycles. The van der Waals surface area contributed by atoms with Crippen LogP contribution in [0.1, 0.15) is 35.2 Å². The summed E-state index contributed by atoms with van der Waals surface area (Å²) in [6.45, 7) is 6.33. The number of phenolic OH excluding ortho intramolecular Hbond substituents is 1. The lowest BCUT2D eigenvalue weighted by molar-refractivity contribution is -0.0450. The molecule has 4 atom stereocenters. The van der Waals surface area contributed by atoms with Gasteiger partial charge in [-0.05, 0) is 55.6 Å². The van der Waals surface area contributed by atoms with E-state index in [0.29, 0.717) is 12.0 Å². The maximum absolute atomic E-state index is 12.8. The van der Waals surface area contributed by atoms with E-state index in [1.54, 1.807) is 18.2 Å². The van der Waals surface area contributed by atoms with Gasteiger partial charge in [0.2, 0.25) is 0 Å². The van der Waals surface area contributed by atoms with Gasteiger partial charge in [0.25, 0.3) is 5.91 Å². The standard InChI is InChI=1S/C25H30N2O3/c1-2-12-27-13-11-25(19-9-6-10-21(28)14-19)16-20(15-23(29)22(25)17-27)26-24(30)18-7-4-3-5-8-18/h2-10,14,20,22-23,28-29H,1,11-13,15-17H2,(H,26,30)/t20-,22?,23?,25?/m1/s1. The van der Waals surface area contributed by atoms with Crippen molar-refractivity contribution in [2.45, 2.75) is 36.8 Å². The summed E-state index contributed by atoms with van der Waals surface area (Å²) >= 11 is 0. The molecule has 0 radical (unpaired) electrons. The van der Waals surface area contributed by atoms with Crippen LogP contribution in [0.3, 0.4) is 0 Å². The monoisotopic (exact) mass is 406 g/mol. The van der Waals surface area contributed by atoms with E-state index in [9.17, 15) is 15.0 Å². The minimum absolute atomic E-state index is 0.0397. The number of fused-ring (bicyclic) bond motifs is 1. The van der Waals surface area contributed by atoms with Crippen LogP contribution in [0.5, 0.6) is 5.75 Å². The lowest BCUT2D eigenvalue weighted by atomic mass is 9.57. The predicted octanol–water partition coefficient (Wildman–Crippen LogP) is 3.09. The van der Waals surface area contributed by atoms with Crippen LogP contribution in [0.2, 0.25) is 0 Å². The number of rotatable bonds is 5. The number of hydrogen-bond donors (Lipinski definition) is 3. The molecule has 1 aliphatic carbocycles. The van der Waals surface area contributed by atoms with Gasteiger partial charge in [-0.15, -0.1) is 6.58 Å². The van der Waals surface area contributed by atoms with Gasteiger partial charge < -0.3 is 15.5 Å². The summed E-state index contributed by atoms with van der Waals surface area (Å²) in [4.78, 5) is 15.1. The fraction of sp³-hybridized carbons (Fsp3) is 0.400. The topological polar surface area (TPSA) is 72.8 Å². The Kier molecular flexibility index (Phi) is 5.93. The Bertz CT molecular complexity index is 900. The second-order valence-corrected chi connectivity index (χ2v) is 8.65. The number of benzene rings is 2. The molecular weight excluding hydrogens is 376 g/mol. The number of aromatic hydroxyl groups is 1. The van der Waals surface area contributed by atoms with Crippen LogP contribution in [0.15, 0.2) is 67.3 Å². The SMILES string of the molecule is C=CCN1CCC2(c3cccc(O)c3)C[C@H](NC(=O)c3ccccc3)CC(O)C2C1. The third-order valence-electron chi connectivity index (χ3n) is 6.82. The van der Waals surface area contributed by atoms with Crippen LogP contribution in [-0.2, 0) is 5.41 Å². The van der Waals surface area contributed by atoms with Crippen LogP contribution in [0.4, 0.5) is 0 Å². The maximum Gasteiger partial charge on any atom is 0.251 e. The van der Waals surface area contributed by atoms with Gasteiger partial charge in [-0.25, -0.2) is 0 Å². The lowest BCUT2D eigenvalue weighted by Crippen LogP contribution is -2.61. The van der Waals surface area contributed by atoms with Gasteiger partial charge >= 0.3 is 0 Å². The molecule has 30 heavy (non-hydrogen) atoms. The highest BCUT2D eigenvalue weighted by Crippen LogP contribution is 2.49. The van der Waals surface area contributed by atoms with Gasteiger partial charge in [-0.1, -0.05) is 36.4 Å². The Morgan fingerprint density at radius 3 is 2.77 bits per heavy atom. The van der Waals surface area contributed by atoms with Gasteiger partial charge in [0.15, 0.2) is 0 Å². The van der Waals surface area contributed by atoms with Crippen LogP contribution in [-0.4, -0.2) is 52.8 Å². The quantitative estimate of drug-likeness (QED) is 0.667. The molecular formula is C25H30N2O3. The van der Waals surface area contributed by atoms with Crippen LogP contribution in [0, 0.1) is 5.92 Å². The molecule has 1 aliphatic heterocycles. The summed E-state index contributed by atoms with van der Waals surface area (Å²) in [5, 5.41) is 24.5. The number of nitrogens with zero attached hydrogens (tertiary/aromatic N) is 1. The first-order valence-corrected chi connectivity index (χ1v) is 10.7. The van der Waals surface area contributed by atoms with Crippen molar-refractivity contribution in [2.75, 3.05) is 19.6 Å². The molecule has 3 unspecified atom stereocenters. The summed E-state index contributed by atoms with van der Waals surface area (Å²) < 4.78 is 0. The van der Waals surface area contributed by atoms with E-state index >= 15 is 0 Å². The zero-order valence-electron chi connectivity index (χ0n) is 17.2. The van der Waals surface area contributed by atoms with Gasteiger partial charge in [0.05, 0.1) is 6.10 Å². The first-order chi connectivity index (χ1) is 14.5. The highest BCUT2D eigenvalue weighted by atomic mass is 16.3. The number of piperidine rings is 1. The molecule has 3 N–H and O–H groups in total. The zero-order chi connectivity index (χ0) is 21.1. The number of carbonyl (C=O) groups excluding carboxylic acids is 1. The van der Waals surface area contributed by atoms with Crippen molar-refractivity contribution >= 4 is 5.91 Å². The molecule has 1 saturated carbocycles. The Hall–Kier alpha value is -2.63. The number of nitrogens with one attached hydrogen (secondary N) is 1. The second-order valence-electron chi connectivity index (χ2n) is 8.65. The van der Waals surface area contributed by atoms with Crippen molar-refractivity contribution in [3.63, 3.8) is 0 Å². The molecule has 2 fully saturated rings. The molecule has 2 aromatic carbocycles. The van der Waals surface area contributed by atoms with E-state index in [4.69, 9.17) is 0 Å². The Labute approximate surface area is 178 Å². The zero-order valence-corrected chi connectivity index (χ0v) is 17.2. The number of likely N-dealkylation sites (tertiary alicyclic amines) is 1. The van der Waals surface area contributed by atoms with Crippen molar-refractivity contribution in [3.8, 4) is 5.75 Å². The molecule has 158 valence electrons. The highest BCUT2D eigenvalue weighted by Gasteiger charge is 2.52. The Morgan fingerprint density at radius 2 is 2.03 bits per heavy atom. The average Bonchev–Trinajstić information content (AvgIpc) is 2.75. The highest BCUT2D eigenvalue weighted by molar-refractivity contribution is 5.94. The van der Waals surface area contributed by atoms with Crippen LogP contribution < -0.4 is 5.32 Å². The second kappa shape index (κ2) is 8.62. The van der Waals surface area contributed by atoms with E-state index in [2.05, 4.69) is 16.8 Å². The van der Waals surface area contributed by atoms with Gasteiger partial charge in [-0.2, -0.15) is 0 Å². The van der Waals surface area contributed by atoms with Crippen molar-refractivity contribution in [1.82, 2.24) is 10.2 Å². The number of aliphatic hydroxyl groups is 1. The molecule has 5 nitrogen and oxygen atoms in total. The van der Waals surface area contributed by atoms with E-state index < -0.39 is 6.10 Å². The van der Waals surface area contributed by atoms with E-state index in [1.165, 1.54) is 0 Å². The smallest absolute Gasteiger partial charge is 0.251 e. The van der Waals surface area contributed by atoms with Gasteiger partial charge in [-0.3, -0.25) is 9.69 Å². The summed E-state index contributed by atoms with van der Waals surface area (Å²) in [6, 6.07) is 16.5. The number of hydrogen-bond acceptors (Lipinski definition) is 4. The number of aliphatic hydroxyl groups excluding tert-OH is 1. The van der Waals surface area contributed by atoms with Crippen LogP contribution >= 0.6 is 0 Å². The largest absolute Gasteiger partial charge is 0.508 e. The first-order valence-electron chi connectivity index (χ1n) is 10.7. The van der Waals surface area contributed by atoms with Crippen molar-refractivity contribution in [3.05, 3.63) is 78.4 Å². The summed E-state index contributed by atoms with van der Waals surface area (Å²) in [6.07, 6.45) is 3.52. The van der Waals surface area contributed by atoms with Gasteiger partial charge in [0.1, 0.15) is 5.75 Å². The predicted molar refractivity (Wildman–Crippen MR) is 117 cm³/mol. The number of phenols is 1. The molecule has 2 aromatic rings. The Balaban J connectivity index is 1.63. The summed E-state index contributed by atoms with van der Waals surface area (Å²) in [5.41, 5.74) is 1.38. The minimum atomic E-state index is -0.533. The van der Waals surface area contributed by atoms with Crippen molar-refractivity contribution in [2.24, 2.45) is 5.92 Å². The molecule has 0 spiro atoms. The number of amides is 1. The first kappa shape index (κ1) is 20.6. The van der Waals surface area contributed by atoms with Crippen molar-refractivity contribution < 1.29 is 15.0 Å². The fourth-order valence-corrected chi connectivity index (χ4v) is 5.42. The minimum Gasteiger partial charge on any atom is -0.508 e. The summed E-state index contributed by atoms with van der Waals surface area (Å²) in [7, 11) is 0. The molecule has 0 aromatic heterocycles. The van der Waals surface area contributed by atoms with E-state index in [1.807, 2.05) is 42.5 Å². The Morgan fingerprint density at radius 1 is 1.23 bits per heavy atom. The third kappa shape index (κ3) is 4.00. The maximum atomic E-state index is 12.8. The number of carbonyl (C=O) groups is 1. The third-order valence-corrected chi connectivity index (χ3v) is 6.82. The molecule has 0 bridgehead atoms. The van der Waals surface area contributed by atoms with E-state index in [0.717, 1.165) is 38.0 Å². The molecule has 4 rings (SSSR count). The molecule has 1 saturated heterocycles. The molecule has 5 heteroatoms. The molecule has 1 amide bonds.